The fourth-order valence-electron chi connectivity index (χ4n) is 1.88. The minimum absolute atomic E-state index is 0.610. The SMILES string of the molecule is COc1cccc(-c2nc(C)[nH]c2CCN)c1. The van der Waals surface area contributed by atoms with Crippen LogP contribution in [0.1, 0.15) is 11.5 Å². The average molecular weight is 231 g/mol. The van der Waals surface area contributed by atoms with E-state index >= 15 is 0 Å². The first kappa shape index (κ1) is 11.7. The molecule has 0 atom stereocenters. The highest BCUT2D eigenvalue weighted by atomic mass is 16.5. The molecule has 0 radical (unpaired) electrons. The van der Waals surface area contributed by atoms with E-state index in [0.717, 1.165) is 34.9 Å². The van der Waals surface area contributed by atoms with Crippen molar-refractivity contribution in [3.8, 4) is 17.0 Å². The van der Waals surface area contributed by atoms with Crippen molar-refractivity contribution in [2.75, 3.05) is 13.7 Å². The molecule has 0 fully saturated rings. The number of aromatic amines is 1. The molecule has 0 aliphatic carbocycles. The molecule has 1 heterocycles. The normalized spacial score (nSPS) is 10.5. The second-order valence-electron chi connectivity index (χ2n) is 3.92. The molecule has 0 amide bonds. The molecule has 17 heavy (non-hydrogen) atoms. The van der Waals surface area contributed by atoms with Gasteiger partial charge in [0.25, 0.3) is 0 Å². The molecule has 0 bridgehead atoms. The lowest BCUT2D eigenvalue weighted by molar-refractivity contribution is 0.415. The van der Waals surface area contributed by atoms with Crippen molar-refractivity contribution in [3.05, 3.63) is 35.8 Å². The summed E-state index contributed by atoms with van der Waals surface area (Å²) in [7, 11) is 1.66. The zero-order valence-electron chi connectivity index (χ0n) is 10.2. The third kappa shape index (κ3) is 2.47. The number of aryl methyl sites for hydroxylation is 1. The highest BCUT2D eigenvalue weighted by molar-refractivity contribution is 5.64. The van der Waals surface area contributed by atoms with Crippen LogP contribution in [0.25, 0.3) is 11.3 Å². The van der Waals surface area contributed by atoms with Gasteiger partial charge >= 0.3 is 0 Å². The number of hydrogen-bond acceptors (Lipinski definition) is 3. The van der Waals surface area contributed by atoms with E-state index < -0.39 is 0 Å². The molecule has 2 aromatic rings. The Hall–Kier alpha value is -1.81. The summed E-state index contributed by atoms with van der Waals surface area (Å²) < 4.78 is 5.22. The van der Waals surface area contributed by atoms with Gasteiger partial charge in [0, 0.05) is 17.7 Å². The first-order valence-corrected chi connectivity index (χ1v) is 5.64. The Morgan fingerprint density at radius 1 is 1.41 bits per heavy atom. The Morgan fingerprint density at radius 2 is 2.24 bits per heavy atom. The van der Waals surface area contributed by atoms with Gasteiger partial charge in [0.15, 0.2) is 0 Å². The molecule has 4 nitrogen and oxygen atoms in total. The van der Waals surface area contributed by atoms with Crippen LogP contribution < -0.4 is 10.5 Å². The van der Waals surface area contributed by atoms with E-state index in [9.17, 15) is 0 Å². The molecule has 3 N–H and O–H groups in total. The lowest BCUT2D eigenvalue weighted by Crippen LogP contribution is -2.04. The summed E-state index contributed by atoms with van der Waals surface area (Å²) in [5, 5.41) is 0. The zero-order valence-corrected chi connectivity index (χ0v) is 10.2. The van der Waals surface area contributed by atoms with Crippen LogP contribution in [0.2, 0.25) is 0 Å². The number of nitrogens with one attached hydrogen (secondary N) is 1. The summed E-state index contributed by atoms with van der Waals surface area (Å²) >= 11 is 0. The zero-order chi connectivity index (χ0) is 12.3. The van der Waals surface area contributed by atoms with E-state index in [1.807, 2.05) is 31.2 Å². The maximum Gasteiger partial charge on any atom is 0.119 e. The third-order valence-electron chi connectivity index (χ3n) is 2.63. The number of benzene rings is 1. The second kappa shape index (κ2) is 5.01. The summed E-state index contributed by atoms with van der Waals surface area (Å²) in [6, 6.07) is 7.89. The minimum atomic E-state index is 0.610. The molecular formula is C13H17N3O. The topological polar surface area (TPSA) is 63.9 Å². The van der Waals surface area contributed by atoms with Crippen LogP contribution in [0, 0.1) is 6.92 Å². The van der Waals surface area contributed by atoms with Crippen molar-refractivity contribution in [1.29, 1.82) is 0 Å². The van der Waals surface area contributed by atoms with E-state index in [4.69, 9.17) is 10.5 Å². The maximum absolute atomic E-state index is 5.60. The fourth-order valence-corrected chi connectivity index (χ4v) is 1.88. The van der Waals surface area contributed by atoms with Crippen molar-refractivity contribution in [3.63, 3.8) is 0 Å². The largest absolute Gasteiger partial charge is 0.497 e. The number of rotatable bonds is 4. The standard InChI is InChI=1S/C13H17N3O/c1-9-15-12(6-7-14)13(16-9)10-4-3-5-11(8-10)17-2/h3-5,8H,6-7,14H2,1-2H3,(H,15,16). The number of imidazole rings is 1. The molecule has 1 aromatic carbocycles. The Balaban J connectivity index is 2.43. The predicted molar refractivity (Wildman–Crippen MR) is 68.1 cm³/mol. The Kier molecular flexibility index (Phi) is 3.44. The number of methoxy groups -OCH3 is 1. The van der Waals surface area contributed by atoms with E-state index in [-0.39, 0.29) is 0 Å². The molecule has 0 aliphatic heterocycles. The Bertz CT molecular complexity index is 505. The van der Waals surface area contributed by atoms with Gasteiger partial charge in [0.1, 0.15) is 11.6 Å². The van der Waals surface area contributed by atoms with Gasteiger partial charge in [-0.25, -0.2) is 4.98 Å². The Labute approximate surface area is 101 Å². The molecule has 2 rings (SSSR count). The van der Waals surface area contributed by atoms with Gasteiger partial charge < -0.3 is 15.5 Å². The van der Waals surface area contributed by atoms with Crippen LogP contribution in [-0.4, -0.2) is 23.6 Å². The van der Waals surface area contributed by atoms with Crippen LogP contribution in [0.5, 0.6) is 5.75 Å². The number of nitrogens with zero attached hydrogens (tertiary/aromatic N) is 1. The summed E-state index contributed by atoms with van der Waals surface area (Å²) in [6.45, 7) is 2.56. The van der Waals surface area contributed by atoms with Crippen LogP contribution in [0.4, 0.5) is 0 Å². The van der Waals surface area contributed by atoms with Gasteiger partial charge in [-0.2, -0.15) is 0 Å². The molecule has 90 valence electrons. The van der Waals surface area contributed by atoms with Crippen molar-refractivity contribution < 1.29 is 4.74 Å². The average Bonchev–Trinajstić information content (AvgIpc) is 2.71. The highest BCUT2D eigenvalue weighted by Crippen LogP contribution is 2.25. The van der Waals surface area contributed by atoms with E-state index in [1.54, 1.807) is 7.11 Å². The second-order valence-corrected chi connectivity index (χ2v) is 3.92. The number of nitrogens with two attached hydrogens (primary N) is 1. The number of ether oxygens (including phenoxy) is 1. The summed E-state index contributed by atoms with van der Waals surface area (Å²) in [6.07, 6.45) is 0.799. The summed E-state index contributed by atoms with van der Waals surface area (Å²) in [5.41, 5.74) is 8.70. The van der Waals surface area contributed by atoms with Gasteiger partial charge in [-0.15, -0.1) is 0 Å². The number of H-pyrrole nitrogens is 1. The first-order valence-electron chi connectivity index (χ1n) is 5.64. The highest BCUT2D eigenvalue weighted by Gasteiger charge is 2.10. The van der Waals surface area contributed by atoms with Crippen molar-refractivity contribution in [1.82, 2.24) is 9.97 Å². The van der Waals surface area contributed by atoms with Gasteiger partial charge in [-0.1, -0.05) is 12.1 Å². The molecule has 0 saturated heterocycles. The fraction of sp³-hybridized carbons (Fsp3) is 0.308. The smallest absolute Gasteiger partial charge is 0.119 e. The van der Waals surface area contributed by atoms with E-state index in [2.05, 4.69) is 9.97 Å². The molecular weight excluding hydrogens is 214 g/mol. The number of aromatic nitrogens is 2. The Morgan fingerprint density at radius 3 is 2.94 bits per heavy atom. The quantitative estimate of drug-likeness (QED) is 0.844. The molecule has 4 heteroatoms. The third-order valence-corrected chi connectivity index (χ3v) is 2.63. The van der Waals surface area contributed by atoms with Gasteiger partial charge in [0.05, 0.1) is 12.8 Å². The first-order chi connectivity index (χ1) is 8.24. The molecule has 0 aliphatic rings. The predicted octanol–water partition coefficient (Wildman–Crippen LogP) is 1.89. The van der Waals surface area contributed by atoms with Crippen LogP contribution in [-0.2, 0) is 6.42 Å². The van der Waals surface area contributed by atoms with Gasteiger partial charge in [-0.3, -0.25) is 0 Å². The molecule has 0 saturated carbocycles. The van der Waals surface area contributed by atoms with Crippen molar-refractivity contribution in [2.45, 2.75) is 13.3 Å². The van der Waals surface area contributed by atoms with E-state index in [0.29, 0.717) is 6.54 Å². The van der Waals surface area contributed by atoms with E-state index in [1.165, 1.54) is 0 Å². The lowest BCUT2D eigenvalue weighted by Gasteiger charge is -2.04. The summed E-state index contributed by atoms with van der Waals surface area (Å²) in [5.74, 6) is 1.74. The van der Waals surface area contributed by atoms with Crippen LogP contribution >= 0.6 is 0 Å². The molecule has 0 unspecified atom stereocenters. The van der Waals surface area contributed by atoms with Gasteiger partial charge in [0.2, 0.25) is 0 Å². The van der Waals surface area contributed by atoms with Crippen LogP contribution in [0.15, 0.2) is 24.3 Å². The lowest BCUT2D eigenvalue weighted by atomic mass is 10.1. The van der Waals surface area contributed by atoms with Crippen LogP contribution in [0.3, 0.4) is 0 Å². The van der Waals surface area contributed by atoms with Crippen molar-refractivity contribution in [2.24, 2.45) is 5.73 Å². The summed E-state index contributed by atoms with van der Waals surface area (Å²) in [4.78, 5) is 7.76. The minimum Gasteiger partial charge on any atom is -0.497 e. The maximum atomic E-state index is 5.60. The number of hydrogen-bond donors (Lipinski definition) is 2. The van der Waals surface area contributed by atoms with Crippen molar-refractivity contribution >= 4 is 0 Å². The van der Waals surface area contributed by atoms with Gasteiger partial charge in [-0.05, 0) is 25.6 Å². The molecule has 1 aromatic heterocycles. The molecule has 0 spiro atoms. The monoisotopic (exact) mass is 231 g/mol.